The topological polar surface area (TPSA) is 78.2 Å². The molecule has 0 aliphatic carbocycles. The molecule has 1 aromatic heterocycles. The van der Waals surface area contributed by atoms with Crippen LogP contribution in [-0.4, -0.2) is 22.2 Å². The van der Waals surface area contributed by atoms with Crippen molar-refractivity contribution in [3.63, 3.8) is 0 Å². The van der Waals surface area contributed by atoms with Crippen molar-refractivity contribution < 1.29 is 9.66 Å². The van der Waals surface area contributed by atoms with E-state index in [1.165, 1.54) is 17.8 Å². The predicted octanol–water partition coefficient (Wildman–Crippen LogP) is 4.35. The standard InChI is InChI=1S/C18H15N3O3S/c1-24-16-7-3-5-14(11-16)17-8-9-18(20-19-17)25-12-13-4-2-6-15(10-13)21(22)23/h2-11H,12H2,1H3. The Morgan fingerprint density at radius 2 is 1.92 bits per heavy atom. The van der Waals surface area contributed by atoms with E-state index in [0.717, 1.165) is 27.6 Å². The van der Waals surface area contributed by atoms with Crippen LogP contribution in [0.2, 0.25) is 0 Å². The van der Waals surface area contributed by atoms with Crippen LogP contribution in [0.1, 0.15) is 5.56 Å². The molecule has 0 atom stereocenters. The zero-order valence-corrected chi connectivity index (χ0v) is 14.3. The number of rotatable bonds is 6. The maximum atomic E-state index is 10.8. The fourth-order valence-corrected chi connectivity index (χ4v) is 3.01. The third-order valence-electron chi connectivity index (χ3n) is 3.51. The summed E-state index contributed by atoms with van der Waals surface area (Å²) in [6.07, 6.45) is 0. The van der Waals surface area contributed by atoms with Gasteiger partial charge in [-0.3, -0.25) is 10.1 Å². The number of hydrogen-bond acceptors (Lipinski definition) is 6. The van der Waals surface area contributed by atoms with Crippen molar-refractivity contribution >= 4 is 17.4 Å². The lowest BCUT2D eigenvalue weighted by molar-refractivity contribution is -0.384. The molecule has 0 spiro atoms. The Morgan fingerprint density at radius 3 is 2.64 bits per heavy atom. The Labute approximate surface area is 149 Å². The summed E-state index contributed by atoms with van der Waals surface area (Å²) in [4.78, 5) is 10.4. The summed E-state index contributed by atoms with van der Waals surface area (Å²) in [5.74, 6) is 1.36. The molecule has 0 radical (unpaired) electrons. The summed E-state index contributed by atoms with van der Waals surface area (Å²) in [6, 6.07) is 18.0. The normalized spacial score (nSPS) is 10.4. The van der Waals surface area contributed by atoms with Crippen molar-refractivity contribution in [2.75, 3.05) is 7.11 Å². The fraction of sp³-hybridized carbons (Fsp3) is 0.111. The van der Waals surface area contributed by atoms with Crippen molar-refractivity contribution in [1.29, 1.82) is 0 Å². The molecular formula is C18H15N3O3S. The summed E-state index contributed by atoms with van der Waals surface area (Å²) >= 11 is 1.48. The van der Waals surface area contributed by atoms with Crippen LogP contribution >= 0.6 is 11.8 Å². The average molecular weight is 353 g/mol. The molecule has 0 bridgehead atoms. The summed E-state index contributed by atoms with van der Waals surface area (Å²) in [7, 11) is 1.62. The molecule has 3 aromatic rings. The molecule has 0 fully saturated rings. The molecule has 126 valence electrons. The van der Waals surface area contributed by atoms with E-state index in [-0.39, 0.29) is 5.69 Å². The van der Waals surface area contributed by atoms with Crippen LogP contribution in [0.4, 0.5) is 5.69 Å². The average Bonchev–Trinajstić information content (AvgIpc) is 2.67. The van der Waals surface area contributed by atoms with Crippen LogP contribution in [0.3, 0.4) is 0 Å². The molecule has 25 heavy (non-hydrogen) atoms. The Kier molecular flexibility index (Phi) is 5.25. The van der Waals surface area contributed by atoms with Gasteiger partial charge in [0.15, 0.2) is 0 Å². The van der Waals surface area contributed by atoms with Crippen molar-refractivity contribution in [2.24, 2.45) is 0 Å². The maximum Gasteiger partial charge on any atom is 0.269 e. The highest BCUT2D eigenvalue weighted by Gasteiger charge is 2.07. The SMILES string of the molecule is COc1cccc(-c2ccc(SCc3cccc([N+](=O)[O-])c3)nn2)c1. The number of hydrogen-bond donors (Lipinski definition) is 0. The number of thioether (sulfide) groups is 1. The molecule has 0 amide bonds. The predicted molar refractivity (Wildman–Crippen MR) is 96.7 cm³/mol. The van der Waals surface area contributed by atoms with E-state index < -0.39 is 4.92 Å². The van der Waals surface area contributed by atoms with E-state index in [2.05, 4.69) is 10.2 Å². The third kappa shape index (κ3) is 4.33. The van der Waals surface area contributed by atoms with E-state index in [0.29, 0.717) is 5.75 Å². The highest BCUT2D eigenvalue weighted by atomic mass is 32.2. The van der Waals surface area contributed by atoms with Crippen LogP contribution in [0.15, 0.2) is 65.7 Å². The summed E-state index contributed by atoms with van der Waals surface area (Å²) in [6.45, 7) is 0. The van der Waals surface area contributed by atoms with Gasteiger partial charge < -0.3 is 4.74 Å². The number of benzene rings is 2. The molecule has 0 saturated heterocycles. The van der Waals surface area contributed by atoms with Crippen LogP contribution in [0.5, 0.6) is 5.75 Å². The number of ether oxygens (including phenoxy) is 1. The smallest absolute Gasteiger partial charge is 0.269 e. The van der Waals surface area contributed by atoms with Crippen molar-refractivity contribution in [2.45, 2.75) is 10.8 Å². The molecule has 0 saturated carbocycles. The van der Waals surface area contributed by atoms with Gasteiger partial charge >= 0.3 is 0 Å². The zero-order valence-electron chi connectivity index (χ0n) is 13.5. The number of nitrogens with zero attached hydrogens (tertiary/aromatic N) is 3. The second-order valence-electron chi connectivity index (χ2n) is 5.20. The maximum absolute atomic E-state index is 10.8. The van der Waals surface area contributed by atoms with E-state index in [1.54, 1.807) is 19.2 Å². The highest BCUT2D eigenvalue weighted by molar-refractivity contribution is 7.98. The lowest BCUT2D eigenvalue weighted by Crippen LogP contribution is -1.92. The van der Waals surface area contributed by atoms with Gasteiger partial charge in [-0.25, -0.2) is 0 Å². The summed E-state index contributed by atoms with van der Waals surface area (Å²) < 4.78 is 5.21. The van der Waals surface area contributed by atoms with Gasteiger partial charge in [0.1, 0.15) is 10.8 Å². The number of nitro benzene ring substituents is 1. The quantitative estimate of drug-likeness (QED) is 0.372. The minimum atomic E-state index is -0.392. The molecule has 2 aromatic carbocycles. The second-order valence-corrected chi connectivity index (χ2v) is 6.20. The summed E-state index contributed by atoms with van der Waals surface area (Å²) in [5, 5.41) is 20.0. The largest absolute Gasteiger partial charge is 0.497 e. The van der Waals surface area contributed by atoms with Crippen molar-refractivity contribution in [3.8, 4) is 17.0 Å². The van der Waals surface area contributed by atoms with Gasteiger partial charge in [-0.05, 0) is 29.8 Å². The monoisotopic (exact) mass is 353 g/mol. The van der Waals surface area contributed by atoms with E-state index in [9.17, 15) is 10.1 Å². The second kappa shape index (κ2) is 7.76. The zero-order chi connectivity index (χ0) is 17.6. The van der Waals surface area contributed by atoms with E-state index in [4.69, 9.17) is 4.74 Å². The van der Waals surface area contributed by atoms with Gasteiger partial charge in [-0.2, -0.15) is 0 Å². The van der Waals surface area contributed by atoms with Crippen molar-refractivity contribution in [1.82, 2.24) is 10.2 Å². The highest BCUT2D eigenvalue weighted by Crippen LogP contribution is 2.25. The van der Waals surface area contributed by atoms with E-state index in [1.807, 2.05) is 42.5 Å². The van der Waals surface area contributed by atoms with Gasteiger partial charge in [-0.15, -0.1) is 10.2 Å². The molecule has 0 aliphatic heterocycles. The van der Waals surface area contributed by atoms with Gasteiger partial charge in [0.05, 0.1) is 17.7 Å². The summed E-state index contributed by atoms with van der Waals surface area (Å²) in [5.41, 5.74) is 2.66. The van der Waals surface area contributed by atoms with Crippen LogP contribution in [0, 0.1) is 10.1 Å². The Hall–Kier alpha value is -2.93. The van der Waals surface area contributed by atoms with Crippen molar-refractivity contribution in [3.05, 3.63) is 76.3 Å². The first-order valence-corrected chi connectivity index (χ1v) is 8.48. The first kappa shape index (κ1) is 16.9. The Balaban J connectivity index is 1.68. The van der Waals surface area contributed by atoms with E-state index >= 15 is 0 Å². The molecule has 1 heterocycles. The molecular weight excluding hydrogens is 338 g/mol. The Bertz CT molecular complexity index is 885. The molecule has 6 nitrogen and oxygen atoms in total. The molecule has 7 heteroatoms. The fourth-order valence-electron chi connectivity index (χ4n) is 2.25. The number of nitro groups is 1. The van der Waals surface area contributed by atoms with Gasteiger partial charge in [-0.1, -0.05) is 36.0 Å². The first-order chi connectivity index (χ1) is 12.2. The first-order valence-electron chi connectivity index (χ1n) is 7.50. The number of aromatic nitrogens is 2. The number of methoxy groups -OCH3 is 1. The molecule has 3 rings (SSSR count). The van der Waals surface area contributed by atoms with Crippen LogP contribution < -0.4 is 4.74 Å². The number of non-ortho nitro benzene ring substituents is 1. The molecule has 0 N–H and O–H groups in total. The minimum Gasteiger partial charge on any atom is -0.497 e. The van der Waals surface area contributed by atoms with Gasteiger partial charge in [0, 0.05) is 23.4 Å². The van der Waals surface area contributed by atoms with Crippen LogP contribution in [-0.2, 0) is 5.75 Å². The minimum absolute atomic E-state index is 0.0950. The lowest BCUT2D eigenvalue weighted by Gasteiger charge is -2.05. The van der Waals surface area contributed by atoms with Gasteiger partial charge in [0.25, 0.3) is 5.69 Å². The Morgan fingerprint density at radius 1 is 1.08 bits per heavy atom. The van der Waals surface area contributed by atoms with Crippen LogP contribution in [0.25, 0.3) is 11.3 Å². The third-order valence-corrected chi connectivity index (χ3v) is 4.50. The molecule has 0 unspecified atom stereocenters. The lowest BCUT2D eigenvalue weighted by atomic mass is 10.1. The van der Waals surface area contributed by atoms with Gasteiger partial charge in [0.2, 0.25) is 0 Å². The molecule has 0 aliphatic rings.